The quantitative estimate of drug-likeness (QED) is 0.859. The van der Waals surface area contributed by atoms with Gasteiger partial charge in [-0.3, -0.25) is 9.78 Å². The van der Waals surface area contributed by atoms with Crippen LogP contribution in [-0.2, 0) is 0 Å². The van der Waals surface area contributed by atoms with E-state index >= 15 is 0 Å². The average Bonchev–Trinajstić information content (AvgIpc) is 2.28. The topological polar surface area (TPSA) is 50.2 Å². The summed E-state index contributed by atoms with van der Waals surface area (Å²) in [4.78, 5) is 15.9. The summed E-state index contributed by atoms with van der Waals surface area (Å²) in [5.74, 6) is -0.105. The average molecular weight is 278 g/mol. The number of aromatic nitrogens is 1. The lowest BCUT2D eigenvalue weighted by molar-refractivity contribution is 0.103. The number of hydrogen-bond donors (Lipinski definition) is 1. The fraction of sp³-hybridized carbons (Fsp3) is 0. The van der Waals surface area contributed by atoms with Gasteiger partial charge in [-0.25, -0.2) is 0 Å². The van der Waals surface area contributed by atoms with Crippen molar-refractivity contribution in [3.05, 3.63) is 58.3 Å². The molecule has 1 aromatic heterocycles. The highest BCUT2D eigenvalue weighted by molar-refractivity contribution is 9.10. The maximum absolute atomic E-state index is 12.0. The summed E-state index contributed by atoms with van der Waals surface area (Å²) >= 11 is 3.23. The summed E-state index contributed by atoms with van der Waals surface area (Å²) in [6.07, 6.45) is 3.11. The molecule has 0 bridgehead atoms. The molecule has 0 aliphatic heterocycles. The zero-order valence-corrected chi connectivity index (χ0v) is 9.81. The fourth-order valence-corrected chi connectivity index (χ4v) is 1.85. The highest BCUT2D eigenvalue weighted by atomic mass is 79.9. The molecule has 0 aliphatic carbocycles. The summed E-state index contributed by atoms with van der Waals surface area (Å²) in [5.41, 5.74) is 0.930. The van der Waals surface area contributed by atoms with E-state index < -0.39 is 0 Å². The lowest BCUT2D eigenvalue weighted by atomic mass is 10.1. The Morgan fingerprint density at radius 3 is 2.69 bits per heavy atom. The third-order valence-electron chi connectivity index (χ3n) is 2.07. The molecule has 1 N–H and O–H groups in total. The number of halogens is 1. The Balaban J connectivity index is 2.42. The summed E-state index contributed by atoms with van der Waals surface area (Å²) in [5, 5.41) is 9.39. The van der Waals surface area contributed by atoms with Gasteiger partial charge in [0.15, 0.2) is 5.78 Å². The maximum atomic E-state index is 12.0. The van der Waals surface area contributed by atoms with Crippen molar-refractivity contribution >= 4 is 21.7 Å². The smallest absolute Gasteiger partial charge is 0.194 e. The van der Waals surface area contributed by atoms with Gasteiger partial charge < -0.3 is 5.11 Å². The predicted molar refractivity (Wildman–Crippen MR) is 63.5 cm³/mol. The van der Waals surface area contributed by atoms with Gasteiger partial charge in [-0.05, 0) is 30.3 Å². The minimum absolute atomic E-state index is 0.0571. The SMILES string of the molecule is O=C(c1cccnc1)c1cc(O)cc(Br)c1. The Hall–Kier alpha value is -1.68. The third-order valence-corrected chi connectivity index (χ3v) is 2.53. The number of pyridine rings is 1. The molecule has 0 fully saturated rings. The molecule has 16 heavy (non-hydrogen) atoms. The van der Waals surface area contributed by atoms with Crippen LogP contribution in [0.5, 0.6) is 5.75 Å². The molecule has 0 atom stereocenters. The van der Waals surface area contributed by atoms with Crippen LogP contribution in [0.4, 0.5) is 0 Å². The van der Waals surface area contributed by atoms with Gasteiger partial charge in [0.2, 0.25) is 0 Å². The number of carbonyl (C=O) groups is 1. The van der Waals surface area contributed by atoms with Gasteiger partial charge in [-0.15, -0.1) is 0 Å². The van der Waals surface area contributed by atoms with Crippen molar-refractivity contribution in [1.82, 2.24) is 4.98 Å². The normalized spacial score (nSPS) is 10.1. The van der Waals surface area contributed by atoms with E-state index in [1.807, 2.05) is 0 Å². The molecule has 2 aromatic rings. The summed E-state index contributed by atoms with van der Waals surface area (Å²) in [6, 6.07) is 8.01. The molecule has 0 amide bonds. The molecule has 0 radical (unpaired) electrons. The number of carbonyl (C=O) groups excluding carboxylic acids is 1. The predicted octanol–water partition coefficient (Wildman–Crippen LogP) is 2.78. The molecule has 0 saturated heterocycles. The zero-order valence-electron chi connectivity index (χ0n) is 8.22. The number of ketones is 1. The summed E-state index contributed by atoms with van der Waals surface area (Å²) in [6.45, 7) is 0. The highest BCUT2D eigenvalue weighted by Crippen LogP contribution is 2.21. The third kappa shape index (κ3) is 2.28. The molecule has 80 valence electrons. The second-order valence-corrected chi connectivity index (χ2v) is 4.18. The Bertz CT molecular complexity index is 506. The highest BCUT2D eigenvalue weighted by Gasteiger charge is 2.10. The number of benzene rings is 1. The van der Waals surface area contributed by atoms with E-state index in [1.165, 1.54) is 18.3 Å². The molecule has 0 aliphatic rings. The standard InChI is InChI=1S/C12H8BrNO2/c13-10-4-9(5-11(15)6-10)12(16)8-2-1-3-14-7-8/h1-7,15H. The van der Waals surface area contributed by atoms with Crippen LogP contribution in [-0.4, -0.2) is 15.9 Å². The van der Waals surface area contributed by atoms with Crippen LogP contribution in [0.1, 0.15) is 15.9 Å². The van der Waals surface area contributed by atoms with E-state index in [4.69, 9.17) is 0 Å². The van der Waals surface area contributed by atoms with Gasteiger partial charge in [-0.2, -0.15) is 0 Å². The van der Waals surface area contributed by atoms with Crippen molar-refractivity contribution in [3.63, 3.8) is 0 Å². The van der Waals surface area contributed by atoms with Crippen LogP contribution in [0.2, 0.25) is 0 Å². The first-order valence-electron chi connectivity index (χ1n) is 4.61. The monoisotopic (exact) mass is 277 g/mol. The molecule has 2 rings (SSSR count). The molecule has 1 aromatic carbocycles. The Labute approximate surface area is 101 Å². The molecular formula is C12H8BrNO2. The minimum atomic E-state index is -0.162. The van der Waals surface area contributed by atoms with Crippen molar-refractivity contribution in [1.29, 1.82) is 0 Å². The lowest BCUT2D eigenvalue weighted by Gasteiger charge is -2.02. The number of aromatic hydroxyl groups is 1. The Kier molecular flexibility index (Phi) is 3.01. The zero-order chi connectivity index (χ0) is 11.5. The Morgan fingerprint density at radius 2 is 2.06 bits per heavy atom. The van der Waals surface area contributed by atoms with E-state index in [0.717, 1.165) is 0 Å². The van der Waals surface area contributed by atoms with Crippen molar-refractivity contribution in [2.45, 2.75) is 0 Å². The maximum Gasteiger partial charge on any atom is 0.194 e. The van der Waals surface area contributed by atoms with E-state index in [-0.39, 0.29) is 11.5 Å². The van der Waals surface area contributed by atoms with Crippen LogP contribution in [0, 0.1) is 0 Å². The fourth-order valence-electron chi connectivity index (χ4n) is 1.37. The number of phenolic OH excluding ortho intramolecular Hbond substituents is 1. The summed E-state index contributed by atoms with van der Waals surface area (Å²) < 4.78 is 0.666. The molecule has 3 nitrogen and oxygen atoms in total. The number of rotatable bonds is 2. The van der Waals surface area contributed by atoms with Gasteiger partial charge in [0.05, 0.1) is 0 Å². The van der Waals surface area contributed by atoms with Gasteiger partial charge >= 0.3 is 0 Å². The van der Waals surface area contributed by atoms with E-state index in [9.17, 15) is 9.90 Å². The van der Waals surface area contributed by atoms with E-state index in [2.05, 4.69) is 20.9 Å². The van der Waals surface area contributed by atoms with Gasteiger partial charge in [0.1, 0.15) is 5.75 Å². The van der Waals surface area contributed by atoms with Crippen molar-refractivity contribution in [3.8, 4) is 5.75 Å². The largest absolute Gasteiger partial charge is 0.508 e. The molecule has 4 heteroatoms. The lowest BCUT2D eigenvalue weighted by Crippen LogP contribution is -2.01. The van der Waals surface area contributed by atoms with E-state index in [1.54, 1.807) is 24.4 Å². The van der Waals surface area contributed by atoms with Crippen molar-refractivity contribution < 1.29 is 9.90 Å². The summed E-state index contributed by atoms with van der Waals surface area (Å²) in [7, 11) is 0. The molecule has 0 saturated carbocycles. The Morgan fingerprint density at radius 1 is 1.25 bits per heavy atom. The first-order valence-corrected chi connectivity index (χ1v) is 5.40. The van der Waals surface area contributed by atoms with Crippen LogP contribution < -0.4 is 0 Å². The van der Waals surface area contributed by atoms with Crippen molar-refractivity contribution in [2.75, 3.05) is 0 Å². The van der Waals surface area contributed by atoms with Gasteiger partial charge in [0, 0.05) is 28.0 Å². The molecular weight excluding hydrogens is 270 g/mol. The first-order chi connectivity index (χ1) is 7.66. The van der Waals surface area contributed by atoms with Crippen molar-refractivity contribution in [2.24, 2.45) is 0 Å². The number of phenols is 1. The van der Waals surface area contributed by atoms with Gasteiger partial charge in [0.25, 0.3) is 0 Å². The van der Waals surface area contributed by atoms with Crippen LogP contribution in [0.3, 0.4) is 0 Å². The van der Waals surface area contributed by atoms with Crippen LogP contribution in [0.15, 0.2) is 47.2 Å². The van der Waals surface area contributed by atoms with Gasteiger partial charge in [-0.1, -0.05) is 15.9 Å². The second-order valence-electron chi connectivity index (χ2n) is 3.27. The first kappa shape index (κ1) is 10.8. The molecule has 0 unspecified atom stereocenters. The molecule has 0 spiro atoms. The number of nitrogens with zero attached hydrogens (tertiary/aromatic N) is 1. The van der Waals surface area contributed by atoms with Crippen LogP contribution in [0.25, 0.3) is 0 Å². The molecule has 1 heterocycles. The number of hydrogen-bond acceptors (Lipinski definition) is 3. The van der Waals surface area contributed by atoms with E-state index in [0.29, 0.717) is 15.6 Å². The van der Waals surface area contributed by atoms with Crippen LogP contribution >= 0.6 is 15.9 Å². The minimum Gasteiger partial charge on any atom is -0.508 e. The second kappa shape index (κ2) is 4.45.